The van der Waals surface area contributed by atoms with Gasteiger partial charge in [-0.1, -0.05) is 17.3 Å². The largest absolute Gasteiger partial charge is 0.495 e. The van der Waals surface area contributed by atoms with Gasteiger partial charge in [0.1, 0.15) is 11.5 Å². The fourth-order valence-electron chi connectivity index (χ4n) is 1.86. The Kier molecular flexibility index (Phi) is 5.99. The summed E-state index contributed by atoms with van der Waals surface area (Å²) in [6.45, 7) is -0.149. The van der Waals surface area contributed by atoms with Gasteiger partial charge in [-0.2, -0.15) is 0 Å². The van der Waals surface area contributed by atoms with Crippen molar-refractivity contribution in [3.8, 4) is 11.5 Å². The zero-order valence-corrected chi connectivity index (χ0v) is 13.9. The number of hydrogen-bond acceptors (Lipinski definition) is 5. The van der Waals surface area contributed by atoms with Crippen LogP contribution in [0.5, 0.6) is 11.5 Å². The van der Waals surface area contributed by atoms with Crippen LogP contribution in [-0.4, -0.2) is 31.0 Å². The van der Waals surface area contributed by atoms with E-state index in [9.17, 15) is 4.79 Å². The molecule has 2 N–H and O–H groups in total. The summed E-state index contributed by atoms with van der Waals surface area (Å²) in [5.74, 6) is 0.785. The highest BCUT2D eigenvalue weighted by Gasteiger charge is 2.09. The molecule has 1 amide bonds. The third-order valence-corrected chi connectivity index (χ3v) is 3.52. The second-order valence-electron chi connectivity index (χ2n) is 4.47. The number of benzene rings is 2. The minimum atomic E-state index is -0.303. The van der Waals surface area contributed by atoms with Gasteiger partial charge in [0.05, 0.1) is 23.5 Å². The van der Waals surface area contributed by atoms with Crippen molar-refractivity contribution in [3.63, 3.8) is 0 Å². The molecule has 0 aliphatic heterocycles. The van der Waals surface area contributed by atoms with E-state index >= 15 is 0 Å². The van der Waals surface area contributed by atoms with Gasteiger partial charge in [0, 0.05) is 0 Å². The molecule has 0 spiro atoms. The number of ether oxygens (including phenoxy) is 2. The lowest BCUT2D eigenvalue weighted by Gasteiger charge is -2.11. The summed E-state index contributed by atoms with van der Waals surface area (Å²) in [7, 11) is 1.54. The standard InChI is InChI=1S/C16H15BrN2O4/c1-22-15-5-3-2-4-13(15)19-16(20)10-23-14-7-6-11(9-18-21)8-12(14)17/h2-9,21H,10H2,1H3,(H,19,20). The molecule has 2 aromatic carbocycles. The minimum Gasteiger partial charge on any atom is -0.495 e. The molecule has 0 unspecified atom stereocenters. The van der Waals surface area contributed by atoms with Crippen LogP contribution in [0.3, 0.4) is 0 Å². The van der Waals surface area contributed by atoms with E-state index in [1.807, 2.05) is 6.07 Å². The number of oxime groups is 1. The Morgan fingerprint density at radius 3 is 2.78 bits per heavy atom. The maximum Gasteiger partial charge on any atom is 0.262 e. The first-order valence-electron chi connectivity index (χ1n) is 6.66. The lowest BCUT2D eigenvalue weighted by atomic mass is 10.2. The van der Waals surface area contributed by atoms with Gasteiger partial charge in [-0.3, -0.25) is 4.79 Å². The Balaban J connectivity index is 1.96. The van der Waals surface area contributed by atoms with Crippen molar-refractivity contribution in [2.24, 2.45) is 5.16 Å². The van der Waals surface area contributed by atoms with E-state index in [1.54, 1.807) is 36.4 Å². The first-order valence-corrected chi connectivity index (χ1v) is 7.46. The molecule has 0 heterocycles. The predicted octanol–water partition coefficient (Wildman–Crippen LogP) is 3.28. The van der Waals surface area contributed by atoms with E-state index in [4.69, 9.17) is 14.7 Å². The number of methoxy groups -OCH3 is 1. The van der Waals surface area contributed by atoms with Crippen LogP contribution in [0.2, 0.25) is 0 Å². The molecule has 2 rings (SSSR count). The molecule has 0 bridgehead atoms. The molecule has 2 aromatic rings. The Bertz CT molecular complexity index is 719. The van der Waals surface area contributed by atoms with Crippen LogP contribution in [0.15, 0.2) is 52.1 Å². The number of nitrogens with zero attached hydrogens (tertiary/aromatic N) is 1. The van der Waals surface area contributed by atoms with E-state index in [2.05, 4.69) is 26.4 Å². The number of nitrogens with one attached hydrogen (secondary N) is 1. The van der Waals surface area contributed by atoms with Crippen molar-refractivity contribution < 1.29 is 19.5 Å². The van der Waals surface area contributed by atoms with E-state index in [1.165, 1.54) is 13.3 Å². The summed E-state index contributed by atoms with van der Waals surface area (Å²) in [5, 5.41) is 14.2. The molecule has 120 valence electrons. The summed E-state index contributed by atoms with van der Waals surface area (Å²) in [4.78, 5) is 12.0. The number of anilines is 1. The quantitative estimate of drug-likeness (QED) is 0.459. The number of amides is 1. The van der Waals surface area contributed by atoms with Crippen molar-refractivity contribution in [1.82, 2.24) is 0 Å². The fraction of sp³-hybridized carbons (Fsp3) is 0.125. The molecule has 0 saturated carbocycles. The molecule has 0 saturated heterocycles. The molecule has 0 atom stereocenters. The van der Waals surface area contributed by atoms with Crippen molar-refractivity contribution in [3.05, 3.63) is 52.5 Å². The number of rotatable bonds is 6. The second kappa shape index (κ2) is 8.19. The zero-order chi connectivity index (χ0) is 16.7. The molecule has 0 aromatic heterocycles. The molecule has 0 fully saturated rings. The lowest BCUT2D eigenvalue weighted by Crippen LogP contribution is -2.20. The average Bonchev–Trinajstić information content (AvgIpc) is 2.55. The number of halogens is 1. The van der Waals surface area contributed by atoms with Crippen molar-refractivity contribution >= 4 is 33.7 Å². The highest BCUT2D eigenvalue weighted by molar-refractivity contribution is 9.10. The van der Waals surface area contributed by atoms with Gasteiger partial charge < -0.3 is 20.0 Å². The molecule has 23 heavy (non-hydrogen) atoms. The SMILES string of the molecule is COc1ccccc1NC(=O)COc1ccc(C=NO)cc1Br. The minimum absolute atomic E-state index is 0.149. The van der Waals surface area contributed by atoms with Gasteiger partial charge in [-0.05, 0) is 51.8 Å². The summed E-state index contributed by atoms with van der Waals surface area (Å²) in [6.07, 6.45) is 1.29. The van der Waals surface area contributed by atoms with Gasteiger partial charge in [0.25, 0.3) is 5.91 Å². The fourth-order valence-corrected chi connectivity index (χ4v) is 2.37. The Morgan fingerprint density at radius 1 is 1.30 bits per heavy atom. The topological polar surface area (TPSA) is 80.2 Å². The van der Waals surface area contributed by atoms with Gasteiger partial charge in [-0.25, -0.2) is 0 Å². The van der Waals surface area contributed by atoms with Crippen LogP contribution in [0.25, 0.3) is 0 Å². The van der Waals surface area contributed by atoms with Gasteiger partial charge in [-0.15, -0.1) is 0 Å². The van der Waals surface area contributed by atoms with Gasteiger partial charge in [0.2, 0.25) is 0 Å². The summed E-state index contributed by atoms with van der Waals surface area (Å²) in [6, 6.07) is 12.2. The third-order valence-electron chi connectivity index (χ3n) is 2.90. The van der Waals surface area contributed by atoms with Gasteiger partial charge >= 0.3 is 0 Å². The molecule has 0 aliphatic carbocycles. The van der Waals surface area contributed by atoms with Crippen molar-refractivity contribution in [2.75, 3.05) is 19.0 Å². The Hall–Kier alpha value is -2.54. The summed E-state index contributed by atoms with van der Waals surface area (Å²) < 4.78 is 11.3. The number of hydrogen-bond donors (Lipinski definition) is 2. The van der Waals surface area contributed by atoms with Crippen LogP contribution in [0.1, 0.15) is 5.56 Å². The maximum atomic E-state index is 12.0. The third kappa shape index (κ3) is 4.72. The second-order valence-corrected chi connectivity index (χ2v) is 5.33. The van der Waals surface area contributed by atoms with Crippen LogP contribution in [0, 0.1) is 0 Å². The molecular formula is C16H15BrN2O4. The van der Waals surface area contributed by atoms with Crippen molar-refractivity contribution in [2.45, 2.75) is 0 Å². The highest BCUT2D eigenvalue weighted by atomic mass is 79.9. The molecule has 0 aliphatic rings. The lowest BCUT2D eigenvalue weighted by molar-refractivity contribution is -0.118. The average molecular weight is 379 g/mol. The normalized spacial score (nSPS) is 10.5. The van der Waals surface area contributed by atoms with Crippen molar-refractivity contribution in [1.29, 1.82) is 0 Å². The first kappa shape index (κ1) is 16.8. The maximum absolute atomic E-state index is 12.0. The smallest absolute Gasteiger partial charge is 0.262 e. The van der Waals surface area contributed by atoms with Crippen LogP contribution in [0.4, 0.5) is 5.69 Å². The van der Waals surface area contributed by atoms with Crippen LogP contribution in [-0.2, 0) is 4.79 Å². The predicted molar refractivity (Wildman–Crippen MR) is 90.6 cm³/mol. The highest BCUT2D eigenvalue weighted by Crippen LogP contribution is 2.26. The van der Waals surface area contributed by atoms with Crippen LogP contribution >= 0.6 is 15.9 Å². The van der Waals surface area contributed by atoms with E-state index in [0.29, 0.717) is 27.2 Å². The number of carbonyl (C=O) groups is 1. The number of carbonyl (C=O) groups excluding carboxylic acids is 1. The van der Waals surface area contributed by atoms with E-state index < -0.39 is 0 Å². The Labute approximate surface area is 141 Å². The van der Waals surface area contributed by atoms with Crippen LogP contribution < -0.4 is 14.8 Å². The zero-order valence-electron chi connectivity index (χ0n) is 12.3. The summed E-state index contributed by atoms with van der Waals surface area (Å²) in [5.41, 5.74) is 1.28. The molecule has 7 heteroatoms. The Morgan fingerprint density at radius 2 is 2.09 bits per heavy atom. The molecule has 0 radical (unpaired) electrons. The first-order chi connectivity index (χ1) is 11.1. The summed E-state index contributed by atoms with van der Waals surface area (Å²) >= 11 is 3.34. The van der Waals surface area contributed by atoms with E-state index in [-0.39, 0.29) is 12.5 Å². The monoisotopic (exact) mass is 378 g/mol. The van der Waals surface area contributed by atoms with E-state index in [0.717, 1.165) is 0 Å². The van der Waals surface area contributed by atoms with Gasteiger partial charge in [0.15, 0.2) is 6.61 Å². The number of para-hydroxylation sites is 2. The molecular weight excluding hydrogens is 364 g/mol. The molecule has 6 nitrogen and oxygen atoms in total.